The highest BCUT2D eigenvalue weighted by atomic mass is 16.5. The van der Waals surface area contributed by atoms with E-state index in [1.54, 1.807) is 41.5 Å². The Kier molecular flexibility index (Phi) is 5.51. The van der Waals surface area contributed by atoms with Gasteiger partial charge < -0.3 is 27.9 Å². The van der Waals surface area contributed by atoms with Crippen molar-refractivity contribution in [2.75, 3.05) is 21.3 Å². The van der Waals surface area contributed by atoms with Gasteiger partial charge >= 0.3 is 0 Å². The van der Waals surface area contributed by atoms with Crippen molar-refractivity contribution < 1.29 is 27.8 Å². The Morgan fingerprint density at radius 1 is 0.943 bits per heavy atom. The lowest BCUT2D eigenvalue weighted by atomic mass is 9.96. The average Bonchev–Trinajstić information content (AvgIpc) is 3.47. The van der Waals surface area contributed by atoms with Gasteiger partial charge in [-0.1, -0.05) is 0 Å². The number of furan rings is 1. The van der Waals surface area contributed by atoms with E-state index in [0.29, 0.717) is 39.5 Å². The monoisotopic (exact) mass is 475 g/mol. The molecule has 1 atom stereocenters. The molecule has 0 N–H and O–H groups in total. The van der Waals surface area contributed by atoms with Gasteiger partial charge in [0.25, 0.3) is 5.91 Å². The zero-order valence-electron chi connectivity index (χ0n) is 20.1. The molecule has 5 rings (SSSR count). The molecule has 0 saturated carbocycles. The summed E-state index contributed by atoms with van der Waals surface area (Å²) in [6.07, 6.45) is 1.54. The number of benzene rings is 2. The number of ether oxygens (including phenoxy) is 3. The molecule has 2 aromatic carbocycles. The molecule has 0 fully saturated rings. The van der Waals surface area contributed by atoms with Crippen LogP contribution in [0, 0.1) is 13.8 Å². The first-order valence-corrected chi connectivity index (χ1v) is 11.1. The SMILES string of the molecule is COc1cc(C2c3c(oc4cc(C)c(C)cc4c3=O)C(=O)N2Cc2ccco2)cc(OC)c1OC. The highest BCUT2D eigenvalue weighted by molar-refractivity contribution is 5.99. The van der Waals surface area contributed by atoms with Crippen molar-refractivity contribution in [2.45, 2.75) is 26.4 Å². The molecule has 180 valence electrons. The van der Waals surface area contributed by atoms with Crippen LogP contribution in [0.2, 0.25) is 0 Å². The van der Waals surface area contributed by atoms with Crippen molar-refractivity contribution in [3.8, 4) is 17.2 Å². The van der Waals surface area contributed by atoms with E-state index in [1.165, 1.54) is 21.3 Å². The van der Waals surface area contributed by atoms with E-state index < -0.39 is 11.9 Å². The molecule has 8 heteroatoms. The average molecular weight is 475 g/mol. The number of hydrogen-bond acceptors (Lipinski definition) is 7. The molecule has 1 aliphatic heterocycles. The van der Waals surface area contributed by atoms with E-state index in [9.17, 15) is 9.59 Å². The zero-order valence-corrected chi connectivity index (χ0v) is 20.1. The summed E-state index contributed by atoms with van der Waals surface area (Å²) in [5, 5.41) is 0.428. The Bertz CT molecular complexity index is 1480. The van der Waals surface area contributed by atoms with Gasteiger partial charge in [0.1, 0.15) is 11.3 Å². The third-order valence-electron chi connectivity index (χ3n) is 6.49. The fourth-order valence-electron chi connectivity index (χ4n) is 4.61. The number of aryl methyl sites for hydroxylation is 2. The van der Waals surface area contributed by atoms with Gasteiger partial charge in [0.15, 0.2) is 16.9 Å². The smallest absolute Gasteiger partial charge is 0.291 e. The van der Waals surface area contributed by atoms with Gasteiger partial charge in [-0.2, -0.15) is 0 Å². The highest BCUT2D eigenvalue weighted by Gasteiger charge is 2.43. The molecule has 35 heavy (non-hydrogen) atoms. The van der Waals surface area contributed by atoms with Gasteiger partial charge in [0.05, 0.1) is 51.1 Å². The maximum absolute atomic E-state index is 13.8. The van der Waals surface area contributed by atoms with Crippen molar-refractivity contribution in [1.29, 1.82) is 0 Å². The quantitative estimate of drug-likeness (QED) is 0.397. The lowest BCUT2D eigenvalue weighted by Crippen LogP contribution is -2.29. The normalized spacial score (nSPS) is 14.9. The summed E-state index contributed by atoms with van der Waals surface area (Å²) in [5.74, 6) is 1.45. The van der Waals surface area contributed by atoms with Crippen LogP contribution in [0.3, 0.4) is 0 Å². The number of carbonyl (C=O) groups is 1. The molecule has 1 amide bonds. The van der Waals surface area contributed by atoms with Crippen LogP contribution in [0.1, 0.15) is 44.6 Å². The second-order valence-electron chi connectivity index (χ2n) is 8.48. The summed E-state index contributed by atoms with van der Waals surface area (Å²) in [4.78, 5) is 29.1. The van der Waals surface area contributed by atoms with Gasteiger partial charge in [0.2, 0.25) is 11.5 Å². The first-order valence-electron chi connectivity index (χ1n) is 11.1. The van der Waals surface area contributed by atoms with E-state index in [-0.39, 0.29) is 23.3 Å². The topological polar surface area (TPSA) is 91.4 Å². The number of hydrogen-bond donors (Lipinski definition) is 0. The van der Waals surface area contributed by atoms with E-state index in [4.69, 9.17) is 23.0 Å². The standard InChI is InChI=1S/C27H25NO7/c1-14-9-18-19(10-15(14)2)35-26-22(24(18)29)23(28(27(26)30)13-17-7-6-8-34-17)16-11-20(31-3)25(33-5)21(12-16)32-4/h6-12,23H,13H2,1-5H3. The Morgan fingerprint density at radius 3 is 2.23 bits per heavy atom. The van der Waals surface area contributed by atoms with Gasteiger partial charge in [-0.3, -0.25) is 9.59 Å². The first-order chi connectivity index (χ1) is 16.9. The van der Waals surface area contributed by atoms with Crippen LogP contribution in [-0.4, -0.2) is 32.1 Å². The molecule has 1 aliphatic rings. The number of carbonyl (C=O) groups excluding carboxylic acids is 1. The van der Waals surface area contributed by atoms with Crippen LogP contribution < -0.4 is 19.6 Å². The molecule has 0 saturated heterocycles. The summed E-state index contributed by atoms with van der Waals surface area (Å²) in [7, 11) is 4.55. The van der Waals surface area contributed by atoms with Gasteiger partial charge in [-0.15, -0.1) is 0 Å². The van der Waals surface area contributed by atoms with Crippen LogP contribution in [-0.2, 0) is 6.54 Å². The van der Waals surface area contributed by atoms with Crippen LogP contribution in [0.4, 0.5) is 0 Å². The van der Waals surface area contributed by atoms with E-state index in [1.807, 2.05) is 19.9 Å². The van der Waals surface area contributed by atoms with E-state index in [2.05, 4.69) is 0 Å². The summed E-state index contributed by atoms with van der Waals surface area (Å²) in [6.45, 7) is 4.02. The minimum absolute atomic E-state index is 0.0241. The molecule has 1 unspecified atom stereocenters. The van der Waals surface area contributed by atoms with Crippen molar-refractivity contribution in [2.24, 2.45) is 0 Å². The van der Waals surface area contributed by atoms with Crippen LogP contribution in [0.15, 0.2) is 56.3 Å². The molecule has 0 spiro atoms. The molecule has 0 bridgehead atoms. The zero-order chi connectivity index (χ0) is 24.9. The van der Waals surface area contributed by atoms with E-state index in [0.717, 1.165) is 11.1 Å². The van der Waals surface area contributed by atoms with Crippen LogP contribution in [0.25, 0.3) is 11.0 Å². The van der Waals surface area contributed by atoms with Crippen molar-refractivity contribution in [3.05, 3.63) is 86.7 Å². The summed E-state index contributed by atoms with van der Waals surface area (Å²) >= 11 is 0. The van der Waals surface area contributed by atoms with Crippen molar-refractivity contribution in [1.82, 2.24) is 4.90 Å². The lowest BCUT2D eigenvalue weighted by molar-refractivity contribution is 0.0701. The molecule has 0 radical (unpaired) electrons. The van der Waals surface area contributed by atoms with Crippen LogP contribution >= 0.6 is 0 Å². The lowest BCUT2D eigenvalue weighted by Gasteiger charge is -2.25. The molecule has 3 heterocycles. The van der Waals surface area contributed by atoms with Crippen molar-refractivity contribution >= 4 is 16.9 Å². The summed E-state index contributed by atoms with van der Waals surface area (Å²) in [5.41, 5.74) is 2.96. The largest absolute Gasteiger partial charge is 0.493 e. The van der Waals surface area contributed by atoms with Gasteiger partial charge in [0, 0.05) is 0 Å². The number of amides is 1. The molecule has 2 aromatic heterocycles. The third-order valence-corrected chi connectivity index (χ3v) is 6.49. The minimum Gasteiger partial charge on any atom is -0.493 e. The Labute approximate surface area is 201 Å². The molecule has 0 aliphatic carbocycles. The number of fused-ring (bicyclic) bond motifs is 2. The number of nitrogens with zero attached hydrogens (tertiary/aromatic N) is 1. The fraction of sp³-hybridized carbons (Fsp3) is 0.259. The second-order valence-corrected chi connectivity index (χ2v) is 8.48. The fourth-order valence-corrected chi connectivity index (χ4v) is 4.61. The second kappa shape index (κ2) is 8.54. The predicted molar refractivity (Wildman–Crippen MR) is 128 cm³/mol. The van der Waals surface area contributed by atoms with Crippen molar-refractivity contribution in [3.63, 3.8) is 0 Å². The minimum atomic E-state index is -0.751. The van der Waals surface area contributed by atoms with Gasteiger partial charge in [-0.05, 0) is 66.9 Å². The van der Waals surface area contributed by atoms with E-state index >= 15 is 0 Å². The maximum atomic E-state index is 13.8. The molecule has 4 aromatic rings. The third kappa shape index (κ3) is 3.53. The Hall–Kier alpha value is -4.20. The number of rotatable bonds is 6. The molecular formula is C27H25NO7. The highest BCUT2D eigenvalue weighted by Crippen LogP contribution is 2.45. The first kappa shape index (κ1) is 22.6. The summed E-state index contributed by atoms with van der Waals surface area (Å²) in [6, 6.07) is 9.87. The Balaban J connectivity index is 1.79. The number of methoxy groups -OCH3 is 3. The summed E-state index contributed by atoms with van der Waals surface area (Å²) < 4.78 is 28.1. The predicted octanol–water partition coefficient (Wildman–Crippen LogP) is 4.77. The van der Waals surface area contributed by atoms with Crippen LogP contribution in [0.5, 0.6) is 17.2 Å². The van der Waals surface area contributed by atoms with Gasteiger partial charge in [-0.25, -0.2) is 0 Å². The Morgan fingerprint density at radius 2 is 1.63 bits per heavy atom. The maximum Gasteiger partial charge on any atom is 0.291 e. The molecular weight excluding hydrogens is 450 g/mol. The molecule has 8 nitrogen and oxygen atoms in total.